The number of hydrogen-bond donors (Lipinski definition) is 1. The van der Waals surface area contributed by atoms with E-state index in [-0.39, 0.29) is 11.3 Å². The predicted octanol–water partition coefficient (Wildman–Crippen LogP) is 3.36. The topological polar surface area (TPSA) is 46.9 Å². The molecule has 4 aliphatic carbocycles. The van der Waals surface area contributed by atoms with Gasteiger partial charge in [-0.1, -0.05) is 13.8 Å². The lowest BCUT2D eigenvalue weighted by Crippen LogP contribution is -2.58. The number of rotatable bonds is 2. The number of amides is 1. The molecule has 5 rings (SSSR count). The Labute approximate surface area is 126 Å². The van der Waals surface area contributed by atoms with E-state index < -0.39 is 0 Å². The lowest BCUT2D eigenvalue weighted by atomic mass is 9.40. The van der Waals surface area contributed by atoms with Crippen molar-refractivity contribution in [1.82, 2.24) is 9.78 Å². The van der Waals surface area contributed by atoms with Gasteiger partial charge >= 0.3 is 0 Å². The second-order valence-corrected chi connectivity index (χ2v) is 8.74. The molecule has 1 N–H and O–H groups in total. The summed E-state index contributed by atoms with van der Waals surface area (Å²) in [5.41, 5.74) is 0.589. The summed E-state index contributed by atoms with van der Waals surface area (Å²) in [7, 11) is 1.88. The van der Waals surface area contributed by atoms with E-state index in [9.17, 15) is 4.79 Å². The Balaban J connectivity index is 1.63. The van der Waals surface area contributed by atoms with E-state index >= 15 is 0 Å². The molecule has 21 heavy (non-hydrogen) atoms. The van der Waals surface area contributed by atoms with Crippen molar-refractivity contribution in [3.8, 4) is 0 Å². The van der Waals surface area contributed by atoms with Gasteiger partial charge in [-0.25, -0.2) is 0 Å². The van der Waals surface area contributed by atoms with Crippen molar-refractivity contribution in [2.75, 3.05) is 5.32 Å². The lowest BCUT2D eigenvalue weighted by Gasteiger charge is -2.64. The molecule has 0 saturated heterocycles. The second kappa shape index (κ2) is 3.90. The van der Waals surface area contributed by atoms with Gasteiger partial charge in [0.25, 0.3) is 0 Å². The zero-order chi connectivity index (χ0) is 14.9. The van der Waals surface area contributed by atoms with Gasteiger partial charge in [-0.05, 0) is 55.3 Å². The quantitative estimate of drug-likeness (QED) is 0.906. The van der Waals surface area contributed by atoms with Crippen molar-refractivity contribution in [3.63, 3.8) is 0 Å². The molecule has 4 bridgehead atoms. The highest BCUT2D eigenvalue weighted by atomic mass is 16.2. The number of aryl methyl sites for hydroxylation is 1. The van der Waals surface area contributed by atoms with Crippen LogP contribution in [0.2, 0.25) is 0 Å². The van der Waals surface area contributed by atoms with Gasteiger partial charge in [0.15, 0.2) is 5.82 Å². The third-order valence-corrected chi connectivity index (χ3v) is 6.06. The van der Waals surface area contributed by atoms with Crippen molar-refractivity contribution < 1.29 is 4.79 Å². The molecule has 1 aromatic rings. The van der Waals surface area contributed by atoms with Crippen LogP contribution in [-0.2, 0) is 11.8 Å². The van der Waals surface area contributed by atoms with E-state index in [2.05, 4.69) is 24.3 Å². The van der Waals surface area contributed by atoms with Crippen LogP contribution in [0.25, 0.3) is 0 Å². The van der Waals surface area contributed by atoms with Gasteiger partial charge in [0.05, 0.1) is 5.41 Å². The average Bonchev–Trinajstić information content (AvgIpc) is 2.69. The summed E-state index contributed by atoms with van der Waals surface area (Å²) < 4.78 is 1.73. The molecule has 0 unspecified atom stereocenters. The number of nitrogens with zero attached hydrogens (tertiary/aromatic N) is 2. The molecule has 4 fully saturated rings. The molecule has 0 aliphatic heterocycles. The first-order chi connectivity index (χ1) is 9.80. The van der Waals surface area contributed by atoms with Crippen LogP contribution >= 0.6 is 0 Å². The standard InChI is InChI=1S/C17H25N3O/c1-15-6-12-7-16(2,9-15)11-17(8-12,10-15)14(21)18-13-4-5-20(3)19-13/h4-5,12H,6-11H2,1-3H3,(H,18,19,21)/t12?,15-,16-,17?/m1/s1. The average molecular weight is 287 g/mol. The maximum atomic E-state index is 13.0. The first-order valence-corrected chi connectivity index (χ1v) is 8.11. The molecule has 1 amide bonds. The number of carbonyl (C=O) groups excluding carboxylic acids is 1. The minimum Gasteiger partial charge on any atom is -0.309 e. The SMILES string of the molecule is Cn1ccc(NC(=O)C23CC4C[C@@](C)(C2)C[C@@](C)(C4)C3)n1. The van der Waals surface area contributed by atoms with Gasteiger partial charge in [0.1, 0.15) is 0 Å². The summed E-state index contributed by atoms with van der Waals surface area (Å²) in [6.07, 6.45) is 9.02. The molecule has 4 heteroatoms. The zero-order valence-electron chi connectivity index (χ0n) is 13.3. The van der Waals surface area contributed by atoms with E-state index in [4.69, 9.17) is 0 Å². The second-order valence-electron chi connectivity index (χ2n) is 8.74. The Bertz CT molecular complexity index is 587. The Kier molecular flexibility index (Phi) is 2.48. The molecule has 4 aliphatic rings. The fourth-order valence-corrected chi connectivity index (χ4v) is 6.43. The summed E-state index contributed by atoms with van der Waals surface area (Å²) in [6.45, 7) is 4.80. The number of carbonyl (C=O) groups is 1. The van der Waals surface area contributed by atoms with Crippen LogP contribution in [0.1, 0.15) is 52.4 Å². The molecular weight excluding hydrogens is 262 g/mol. The van der Waals surface area contributed by atoms with Gasteiger partial charge in [-0.2, -0.15) is 5.10 Å². The van der Waals surface area contributed by atoms with Crippen molar-refractivity contribution >= 4 is 11.7 Å². The highest BCUT2D eigenvalue weighted by Crippen LogP contribution is 2.69. The highest BCUT2D eigenvalue weighted by Gasteiger charge is 2.62. The summed E-state index contributed by atoms with van der Waals surface area (Å²) in [6, 6.07) is 1.88. The molecule has 0 spiro atoms. The van der Waals surface area contributed by atoms with E-state index in [1.807, 2.05) is 19.3 Å². The molecule has 2 atom stereocenters. The summed E-state index contributed by atoms with van der Waals surface area (Å²) in [4.78, 5) is 13.0. The Hall–Kier alpha value is -1.32. The van der Waals surface area contributed by atoms with Gasteiger partial charge in [-0.15, -0.1) is 0 Å². The Morgan fingerprint density at radius 2 is 1.90 bits per heavy atom. The number of hydrogen-bond acceptors (Lipinski definition) is 2. The molecule has 1 aromatic heterocycles. The van der Waals surface area contributed by atoms with Crippen molar-refractivity contribution in [2.24, 2.45) is 29.2 Å². The molecular formula is C17H25N3O. The normalized spacial score (nSPS) is 44.0. The largest absolute Gasteiger partial charge is 0.309 e. The van der Waals surface area contributed by atoms with Gasteiger partial charge in [-0.3, -0.25) is 9.48 Å². The van der Waals surface area contributed by atoms with Crippen LogP contribution in [-0.4, -0.2) is 15.7 Å². The molecule has 1 heterocycles. The van der Waals surface area contributed by atoms with Crippen LogP contribution in [0, 0.1) is 22.2 Å². The summed E-state index contributed by atoms with van der Waals surface area (Å²) >= 11 is 0. The van der Waals surface area contributed by atoms with E-state index in [1.54, 1.807) is 4.68 Å². The van der Waals surface area contributed by atoms with E-state index in [0.29, 0.717) is 16.6 Å². The summed E-state index contributed by atoms with van der Waals surface area (Å²) in [5.74, 6) is 1.64. The van der Waals surface area contributed by atoms with Crippen LogP contribution < -0.4 is 5.32 Å². The fraction of sp³-hybridized carbons (Fsp3) is 0.765. The maximum absolute atomic E-state index is 13.0. The first-order valence-electron chi connectivity index (χ1n) is 8.11. The minimum absolute atomic E-state index is 0.152. The highest BCUT2D eigenvalue weighted by molar-refractivity contribution is 5.95. The van der Waals surface area contributed by atoms with Crippen molar-refractivity contribution in [3.05, 3.63) is 12.3 Å². The number of nitrogens with one attached hydrogen (secondary N) is 1. The van der Waals surface area contributed by atoms with E-state index in [1.165, 1.54) is 19.3 Å². The van der Waals surface area contributed by atoms with Gasteiger partial charge < -0.3 is 5.32 Å². The smallest absolute Gasteiger partial charge is 0.231 e. The Morgan fingerprint density at radius 1 is 1.24 bits per heavy atom. The predicted molar refractivity (Wildman–Crippen MR) is 81.7 cm³/mol. The van der Waals surface area contributed by atoms with Gasteiger partial charge in [0, 0.05) is 19.3 Å². The third kappa shape index (κ3) is 2.02. The summed E-state index contributed by atoms with van der Waals surface area (Å²) in [5, 5.41) is 7.38. The van der Waals surface area contributed by atoms with E-state index in [0.717, 1.165) is 25.2 Å². The van der Waals surface area contributed by atoms with Crippen molar-refractivity contribution in [2.45, 2.75) is 52.4 Å². The number of aromatic nitrogens is 2. The molecule has 114 valence electrons. The zero-order valence-corrected chi connectivity index (χ0v) is 13.3. The van der Waals surface area contributed by atoms with Gasteiger partial charge in [0.2, 0.25) is 5.91 Å². The van der Waals surface area contributed by atoms with Crippen LogP contribution in [0.5, 0.6) is 0 Å². The number of anilines is 1. The first kappa shape index (κ1) is 13.4. The monoisotopic (exact) mass is 287 g/mol. The fourth-order valence-electron chi connectivity index (χ4n) is 6.43. The minimum atomic E-state index is -0.152. The Morgan fingerprint density at radius 3 is 2.43 bits per heavy atom. The lowest BCUT2D eigenvalue weighted by molar-refractivity contribution is -0.165. The third-order valence-electron chi connectivity index (χ3n) is 6.06. The molecule has 4 nitrogen and oxygen atoms in total. The molecule has 4 saturated carbocycles. The maximum Gasteiger partial charge on any atom is 0.231 e. The molecule has 0 aromatic carbocycles. The van der Waals surface area contributed by atoms with Crippen LogP contribution in [0.4, 0.5) is 5.82 Å². The van der Waals surface area contributed by atoms with Crippen molar-refractivity contribution in [1.29, 1.82) is 0 Å². The van der Waals surface area contributed by atoms with Crippen LogP contribution in [0.3, 0.4) is 0 Å². The molecule has 0 radical (unpaired) electrons. The van der Waals surface area contributed by atoms with Crippen LogP contribution in [0.15, 0.2) is 12.3 Å².